The van der Waals surface area contributed by atoms with E-state index in [1.165, 1.54) is 19.1 Å². The quantitative estimate of drug-likeness (QED) is 0.733. The largest absolute Gasteiger partial charge is 0.480 e. The molecule has 2 atom stereocenters. The number of carbonyl (C=O) groups excluding carboxylic acids is 2. The van der Waals surface area contributed by atoms with Gasteiger partial charge in [0.15, 0.2) is 0 Å². The van der Waals surface area contributed by atoms with Crippen LogP contribution in [-0.4, -0.2) is 28.9 Å². The van der Waals surface area contributed by atoms with Crippen LogP contribution in [0.5, 0.6) is 0 Å². The molecule has 116 valence electrons. The molecular formula is C15H17N3O4. The van der Waals surface area contributed by atoms with Gasteiger partial charge in [0.25, 0.3) is 5.91 Å². The van der Waals surface area contributed by atoms with Crippen LogP contribution in [0.2, 0.25) is 0 Å². The van der Waals surface area contributed by atoms with E-state index in [2.05, 4.69) is 10.6 Å². The molecule has 0 spiro atoms. The predicted octanol–water partition coefficient (Wildman–Crippen LogP) is 1.38. The van der Waals surface area contributed by atoms with Crippen molar-refractivity contribution in [3.05, 3.63) is 29.8 Å². The summed E-state index contributed by atoms with van der Waals surface area (Å²) in [6, 6.07) is 6.88. The van der Waals surface area contributed by atoms with Crippen LogP contribution in [0.1, 0.15) is 30.6 Å². The van der Waals surface area contributed by atoms with Gasteiger partial charge >= 0.3 is 5.97 Å². The smallest absolute Gasteiger partial charge is 0.326 e. The first-order chi connectivity index (χ1) is 10.3. The molecule has 0 radical (unpaired) electrons. The van der Waals surface area contributed by atoms with Gasteiger partial charge in [-0.15, -0.1) is 0 Å². The lowest BCUT2D eigenvalue weighted by Crippen LogP contribution is -2.45. The van der Waals surface area contributed by atoms with Gasteiger partial charge in [-0.25, -0.2) is 4.79 Å². The number of aliphatic carboxylic acids is 1. The summed E-state index contributed by atoms with van der Waals surface area (Å²) in [4.78, 5) is 34.4. The molecular weight excluding hydrogens is 286 g/mol. The highest BCUT2D eigenvalue weighted by molar-refractivity contribution is 5.98. The number of carboxylic acids is 1. The fourth-order valence-electron chi connectivity index (χ4n) is 1.88. The van der Waals surface area contributed by atoms with Crippen molar-refractivity contribution in [2.75, 3.05) is 5.32 Å². The SMILES string of the molecule is CC(=O)Nc1cccc(C(=O)N[C@@H](C(=O)O)[C@@H](C)CC#N)c1. The minimum absolute atomic E-state index is 0.0170. The van der Waals surface area contributed by atoms with Crippen molar-refractivity contribution in [2.24, 2.45) is 5.92 Å². The van der Waals surface area contributed by atoms with Crippen LogP contribution < -0.4 is 10.6 Å². The van der Waals surface area contributed by atoms with Crippen LogP contribution in [0, 0.1) is 17.2 Å². The molecule has 0 unspecified atom stereocenters. The van der Waals surface area contributed by atoms with E-state index in [9.17, 15) is 14.4 Å². The number of nitrogens with one attached hydrogen (secondary N) is 2. The molecule has 1 aromatic carbocycles. The summed E-state index contributed by atoms with van der Waals surface area (Å²) in [6.45, 7) is 2.92. The van der Waals surface area contributed by atoms with Gasteiger partial charge in [-0.05, 0) is 18.2 Å². The van der Waals surface area contributed by atoms with Crippen molar-refractivity contribution in [2.45, 2.75) is 26.3 Å². The van der Waals surface area contributed by atoms with E-state index in [1.807, 2.05) is 6.07 Å². The van der Waals surface area contributed by atoms with E-state index in [0.29, 0.717) is 5.69 Å². The lowest BCUT2D eigenvalue weighted by molar-refractivity contribution is -0.140. The van der Waals surface area contributed by atoms with Gasteiger partial charge in [0.2, 0.25) is 5.91 Å². The Morgan fingerprint density at radius 1 is 1.36 bits per heavy atom. The number of amides is 2. The third-order valence-corrected chi connectivity index (χ3v) is 2.98. The fraction of sp³-hybridized carbons (Fsp3) is 0.333. The van der Waals surface area contributed by atoms with Crippen molar-refractivity contribution in [3.8, 4) is 6.07 Å². The van der Waals surface area contributed by atoms with E-state index in [-0.39, 0.29) is 17.9 Å². The van der Waals surface area contributed by atoms with Gasteiger partial charge in [0, 0.05) is 30.5 Å². The van der Waals surface area contributed by atoms with Crippen molar-refractivity contribution >= 4 is 23.5 Å². The van der Waals surface area contributed by atoms with Gasteiger partial charge in [-0.2, -0.15) is 5.26 Å². The Bertz CT molecular complexity index is 621. The summed E-state index contributed by atoms with van der Waals surface area (Å²) in [7, 11) is 0. The summed E-state index contributed by atoms with van der Waals surface area (Å²) >= 11 is 0. The molecule has 3 N–H and O–H groups in total. The normalized spacial score (nSPS) is 12.6. The highest BCUT2D eigenvalue weighted by Crippen LogP contribution is 2.13. The summed E-state index contributed by atoms with van der Waals surface area (Å²) in [5.41, 5.74) is 0.666. The van der Waals surface area contributed by atoms with Crippen molar-refractivity contribution in [1.82, 2.24) is 5.32 Å². The van der Waals surface area contributed by atoms with Crippen LogP contribution >= 0.6 is 0 Å². The molecule has 7 nitrogen and oxygen atoms in total. The Balaban J connectivity index is 2.88. The van der Waals surface area contributed by atoms with Crippen LogP contribution in [-0.2, 0) is 9.59 Å². The number of nitriles is 1. The standard InChI is InChI=1S/C15H17N3O4/c1-9(6-7-16)13(15(21)22)18-14(20)11-4-3-5-12(8-11)17-10(2)19/h3-5,8-9,13H,6H2,1-2H3,(H,17,19)(H,18,20)(H,21,22)/t9-,13+/m0/s1. The molecule has 0 saturated heterocycles. The number of anilines is 1. The molecule has 2 amide bonds. The first kappa shape index (κ1) is 17.2. The predicted molar refractivity (Wildman–Crippen MR) is 79.0 cm³/mol. The van der Waals surface area contributed by atoms with Crippen LogP contribution in [0.15, 0.2) is 24.3 Å². The molecule has 0 aliphatic rings. The lowest BCUT2D eigenvalue weighted by Gasteiger charge is -2.19. The molecule has 0 heterocycles. The van der Waals surface area contributed by atoms with Gasteiger partial charge in [-0.1, -0.05) is 13.0 Å². The average molecular weight is 303 g/mol. The minimum atomic E-state index is -1.20. The topological polar surface area (TPSA) is 119 Å². The number of hydrogen-bond donors (Lipinski definition) is 3. The Labute approximate surface area is 127 Å². The molecule has 7 heteroatoms. The molecule has 0 aromatic heterocycles. The van der Waals surface area contributed by atoms with Crippen molar-refractivity contribution in [1.29, 1.82) is 5.26 Å². The number of nitrogens with zero attached hydrogens (tertiary/aromatic N) is 1. The van der Waals surface area contributed by atoms with E-state index in [4.69, 9.17) is 10.4 Å². The van der Waals surface area contributed by atoms with Gasteiger partial charge in [0.05, 0.1) is 6.07 Å². The van der Waals surface area contributed by atoms with E-state index < -0.39 is 23.8 Å². The van der Waals surface area contributed by atoms with Crippen LogP contribution in [0.25, 0.3) is 0 Å². The maximum atomic E-state index is 12.1. The molecule has 0 aliphatic carbocycles. The Kier molecular flexibility index (Phi) is 6.08. The lowest BCUT2D eigenvalue weighted by atomic mass is 9.98. The zero-order valence-corrected chi connectivity index (χ0v) is 12.3. The molecule has 1 aromatic rings. The highest BCUT2D eigenvalue weighted by Gasteiger charge is 2.26. The third-order valence-electron chi connectivity index (χ3n) is 2.98. The summed E-state index contributed by atoms with van der Waals surface area (Å²) in [5.74, 6) is -2.58. The van der Waals surface area contributed by atoms with Crippen molar-refractivity contribution in [3.63, 3.8) is 0 Å². The Morgan fingerprint density at radius 2 is 2.05 bits per heavy atom. The van der Waals surface area contributed by atoms with E-state index >= 15 is 0 Å². The fourth-order valence-corrected chi connectivity index (χ4v) is 1.88. The zero-order valence-electron chi connectivity index (χ0n) is 12.3. The maximum absolute atomic E-state index is 12.1. The maximum Gasteiger partial charge on any atom is 0.326 e. The summed E-state index contributed by atoms with van der Waals surface area (Å²) in [6.07, 6.45) is 0.0170. The number of benzene rings is 1. The number of hydrogen-bond acceptors (Lipinski definition) is 4. The van der Waals surface area contributed by atoms with Gasteiger partial charge in [0.1, 0.15) is 6.04 Å². The minimum Gasteiger partial charge on any atom is -0.480 e. The summed E-state index contributed by atoms with van der Waals surface area (Å²) < 4.78 is 0. The second kappa shape index (κ2) is 7.78. The molecule has 0 bridgehead atoms. The van der Waals surface area contributed by atoms with Crippen LogP contribution in [0.4, 0.5) is 5.69 Å². The van der Waals surface area contributed by atoms with Gasteiger partial charge in [-0.3, -0.25) is 9.59 Å². The van der Waals surface area contributed by atoms with E-state index in [0.717, 1.165) is 0 Å². The van der Waals surface area contributed by atoms with Crippen LogP contribution in [0.3, 0.4) is 0 Å². The third kappa shape index (κ3) is 4.90. The Hall–Kier alpha value is -2.88. The number of carboxylic acid groups (broad SMARTS) is 1. The molecule has 0 fully saturated rings. The monoisotopic (exact) mass is 303 g/mol. The Morgan fingerprint density at radius 3 is 2.59 bits per heavy atom. The van der Waals surface area contributed by atoms with E-state index in [1.54, 1.807) is 19.1 Å². The number of carbonyl (C=O) groups is 3. The average Bonchev–Trinajstić information content (AvgIpc) is 2.43. The molecule has 0 saturated carbocycles. The summed E-state index contributed by atoms with van der Waals surface area (Å²) in [5, 5.41) is 22.7. The second-order valence-electron chi connectivity index (χ2n) is 4.89. The molecule has 22 heavy (non-hydrogen) atoms. The highest BCUT2D eigenvalue weighted by atomic mass is 16.4. The van der Waals surface area contributed by atoms with Gasteiger partial charge < -0.3 is 15.7 Å². The molecule has 1 rings (SSSR count). The first-order valence-electron chi connectivity index (χ1n) is 6.63. The zero-order chi connectivity index (χ0) is 16.7. The van der Waals surface area contributed by atoms with Crippen molar-refractivity contribution < 1.29 is 19.5 Å². The number of rotatable bonds is 6. The molecule has 0 aliphatic heterocycles. The second-order valence-corrected chi connectivity index (χ2v) is 4.89. The first-order valence-corrected chi connectivity index (χ1v) is 6.63.